The van der Waals surface area contributed by atoms with Gasteiger partial charge in [0.15, 0.2) is 11.5 Å². The molecule has 2 aromatic heterocycles. The molecule has 6 nitrogen and oxygen atoms in total. The smallest absolute Gasteiger partial charge is 0.318 e. The third-order valence-electron chi connectivity index (χ3n) is 5.19. The molecule has 2 amide bonds. The molecule has 26 heavy (non-hydrogen) atoms. The molecule has 0 bridgehead atoms. The van der Waals surface area contributed by atoms with Gasteiger partial charge in [0.1, 0.15) is 0 Å². The molecular formula is C20H23N5O. The van der Waals surface area contributed by atoms with Crippen molar-refractivity contribution in [2.45, 2.75) is 38.3 Å². The Morgan fingerprint density at radius 3 is 2.92 bits per heavy atom. The summed E-state index contributed by atoms with van der Waals surface area (Å²) < 4.78 is 1.90. The standard InChI is InChI=1S/C20H23N5O/c1-14(19-23-22-18-12-5-6-13-25(18)19)21-20(26)24(2)17-11-7-9-15-8-3-4-10-16(15)17/h3-6,8,10,12-14,17H,7,9,11H2,1-2H3,(H,21,26)/t14-,17-/m0/s1. The average molecular weight is 349 g/mol. The largest absolute Gasteiger partial charge is 0.328 e. The summed E-state index contributed by atoms with van der Waals surface area (Å²) in [6.07, 6.45) is 5.09. The molecule has 0 spiro atoms. The second kappa shape index (κ2) is 6.78. The topological polar surface area (TPSA) is 62.5 Å². The molecule has 2 atom stereocenters. The van der Waals surface area contributed by atoms with Gasteiger partial charge in [0.05, 0.1) is 12.1 Å². The van der Waals surface area contributed by atoms with Crippen LogP contribution in [0.3, 0.4) is 0 Å². The van der Waals surface area contributed by atoms with Crippen molar-refractivity contribution in [3.63, 3.8) is 0 Å². The van der Waals surface area contributed by atoms with Gasteiger partial charge < -0.3 is 10.2 Å². The summed E-state index contributed by atoms with van der Waals surface area (Å²) in [6, 6.07) is 14.0. The fourth-order valence-corrected chi connectivity index (χ4v) is 3.78. The molecule has 1 aliphatic rings. The van der Waals surface area contributed by atoms with Crippen molar-refractivity contribution in [3.8, 4) is 0 Å². The van der Waals surface area contributed by atoms with Gasteiger partial charge in [-0.05, 0) is 49.4 Å². The first-order chi connectivity index (χ1) is 12.6. The number of rotatable bonds is 3. The molecule has 0 unspecified atom stereocenters. The Morgan fingerprint density at radius 2 is 2.04 bits per heavy atom. The van der Waals surface area contributed by atoms with E-state index in [1.165, 1.54) is 11.1 Å². The van der Waals surface area contributed by atoms with Crippen LogP contribution in [0.2, 0.25) is 0 Å². The van der Waals surface area contributed by atoms with Crippen LogP contribution in [0.25, 0.3) is 5.65 Å². The maximum absolute atomic E-state index is 12.9. The first-order valence-corrected chi connectivity index (χ1v) is 9.06. The van der Waals surface area contributed by atoms with Gasteiger partial charge in [-0.15, -0.1) is 10.2 Å². The van der Waals surface area contributed by atoms with E-state index >= 15 is 0 Å². The number of urea groups is 1. The van der Waals surface area contributed by atoms with E-state index < -0.39 is 0 Å². The minimum atomic E-state index is -0.235. The number of amides is 2. The van der Waals surface area contributed by atoms with Crippen molar-refractivity contribution in [2.24, 2.45) is 0 Å². The second-order valence-electron chi connectivity index (χ2n) is 6.88. The van der Waals surface area contributed by atoms with Gasteiger partial charge in [-0.3, -0.25) is 4.40 Å². The number of nitrogens with one attached hydrogen (secondary N) is 1. The van der Waals surface area contributed by atoms with E-state index in [1.54, 1.807) is 0 Å². The van der Waals surface area contributed by atoms with Crippen molar-refractivity contribution in [1.82, 2.24) is 24.8 Å². The molecule has 3 aromatic rings. The molecule has 0 radical (unpaired) electrons. The van der Waals surface area contributed by atoms with Crippen molar-refractivity contribution in [1.29, 1.82) is 0 Å². The van der Waals surface area contributed by atoms with Crippen molar-refractivity contribution in [3.05, 3.63) is 65.6 Å². The Hall–Kier alpha value is -2.89. The molecule has 2 heterocycles. The van der Waals surface area contributed by atoms with E-state index in [0.29, 0.717) is 0 Å². The van der Waals surface area contributed by atoms with Gasteiger partial charge in [-0.2, -0.15) is 0 Å². The molecule has 0 aliphatic heterocycles. The lowest BCUT2D eigenvalue weighted by atomic mass is 9.87. The van der Waals surface area contributed by atoms with Crippen LogP contribution in [0, 0.1) is 0 Å². The maximum atomic E-state index is 12.9. The highest BCUT2D eigenvalue weighted by Crippen LogP contribution is 2.33. The van der Waals surface area contributed by atoms with E-state index in [9.17, 15) is 4.79 Å². The van der Waals surface area contributed by atoms with Crippen LogP contribution >= 0.6 is 0 Å². The highest BCUT2D eigenvalue weighted by Gasteiger charge is 2.27. The SMILES string of the molecule is C[C@H](NC(=O)N(C)[C@H]1CCCc2ccccc21)c1nnc2ccccn12. The summed E-state index contributed by atoms with van der Waals surface area (Å²) >= 11 is 0. The highest BCUT2D eigenvalue weighted by atomic mass is 16.2. The van der Waals surface area contributed by atoms with Crippen LogP contribution < -0.4 is 5.32 Å². The van der Waals surface area contributed by atoms with E-state index in [2.05, 4.69) is 33.7 Å². The van der Waals surface area contributed by atoms with Gasteiger partial charge in [0.2, 0.25) is 0 Å². The molecular weight excluding hydrogens is 326 g/mol. The number of benzene rings is 1. The average Bonchev–Trinajstić information content (AvgIpc) is 3.11. The fourth-order valence-electron chi connectivity index (χ4n) is 3.78. The molecule has 1 N–H and O–H groups in total. The van der Waals surface area contributed by atoms with Gasteiger partial charge in [0.25, 0.3) is 0 Å². The van der Waals surface area contributed by atoms with Gasteiger partial charge >= 0.3 is 6.03 Å². The van der Waals surface area contributed by atoms with E-state index in [1.807, 2.05) is 53.7 Å². The summed E-state index contributed by atoms with van der Waals surface area (Å²) in [6.45, 7) is 1.93. The monoisotopic (exact) mass is 349 g/mol. The molecule has 0 fully saturated rings. The Bertz CT molecular complexity index is 935. The third kappa shape index (κ3) is 2.92. The number of pyridine rings is 1. The molecule has 1 aliphatic carbocycles. The van der Waals surface area contributed by atoms with Crippen LogP contribution in [-0.4, -0.2) is 32.6 Å². The summed E-state index contributed by atoms with van der Waals surface area (Å²) in [7, 11) is 1.87. The van der Waals surface area contributed by atoms with Crippen LogP contribution in [0.15, 0.2) is 48.7 Å². The van der Waals surface area contributed by atoms with Crippen molar-refractivity contribution < 1.29 is 4.79 Å². The zero-order valence-corrected chi connectivity index (χ0v) is 15.1. The van der Waals surface area contributed by atoms with Crippen LogP contribution in [0.4, 0.5) is 4.79 Å². The summed E-state index contributed by atoms with van der Waals surface area (Å²) in [5, 5.41) is 11.5. The summed E-state index contributed by atoms with van der Waals surface area (Å²) in [4.78, 5) is 14.7. The van der Waals surface area contributed by atoms with Crippen molar-refractivity contribution in [2.75, 3.05) is 7.05 Å². The van der Waals surface area contributed by atoms with Gasteiger partial charge in [-0.1, -0.05) is 30.3 Å². The Kier molecular flexibility index (Phi) is 4.32. The number of hydrogen-bond acceptors (Lipinski definition) is 3. The zero-order valence-electron chi connectivity index (χ0n) is 15.1. The molecule has 134 valence electrons. The molecule has 0 saturated carbocycles. The van der Waals surface area contributed by atoms with E-state index in [0.717, 1.165) is 30.7 Å². The Balaban J connectivity index is 1.51. The predicted octanol–water partition coefficient (Wildman–Crippen LogP) is 3.51. The third-order valence-corrected chi connectivity index (χ3v) is 5.19. The molecule has 0 saturated heterocycles. The zero-order chi connectivity index (χ0) is 18.1. The molecule has 6 heteroatoms. The molecule has 1 aromatic carbocycles. The second-order valence-corrected chi connectivity index (χ2v) is 6.88. The summed E-state index contributed by atoms with van der Waals surface area (Å²) in [5.41, 5.74) is 3.38. The lowest BCUT2D eigenvalue weighted by Gasteiger charge is -2.33. The number of carbonyl (C=O) groups excluding carboxylic acids is 1. The Labute approximate surface area is 152 Å². The number of nitrogens with zero attached hydrogens (tertiary/aromatic N) is 4. The minimum Gasteiger partial charge on any atom is -0.328 e. The normalized spacial score (nSPS) is 17.5. The Morgan fingerprint density at radius 1 is 1.23 bits per heavy atom. The number of fused-ring (bicyclic) bond motifs is 2. The number of aromatic nitrogens is 3. The lowest BCUT2D eigenvalue weighted by Crippen LogP contribution is -2.42. The maximum Gasteiger partial charge on any atom is 0.318 e. The van der Waals surface area contributed by atoms with E-state index in [-0.39, 0.29) is 18.1 Å². The number of aryl methyl sites for hydroxylation is 1. The highest BCUT2D eigenvalue weighted by molar-refractivity contribution is 5.75. The fraction of sp³-hybridized carbons (Fsp3) is 0.350. The van der Waals surface area contributed by atoms with Gasteiger partial charge in [-0.25, -0.2) is 4.79 Å². The van der Waals surface area contributed by atoms with Crippen molar-refractivity contribution >= 4 is 11.7 Å². The van der Waals surface area contributed by atoms with Gasteiger partial charge in [0, 0.05) is 13.2 Å². The predicted molar refractivity (Wildman–Crippen MR) is 99.8 cm³/mol. The van der Waals surface area contributed by atoms with Crippen LogP contribution in [-0.2, 0) is 6.42 Å². The minimum absolute atomic E-state index is 0.0908. The first-order valence-electron chi connectivity index (χ1n) is 9.06. The first kappa shape index (κ1) is 16.6. The van der Waals surface area contributed by atoms with E-state index in [4.69, 9.17) is 0 Å². The number of carbonyl (C=O) groups is 1. The van der Waals surface area contributed by atoms with Crippen LogP contribution in [0.1, 0.15) is 48.8 Å². The lowest BCUT2D eigenvalue weighted by molar-refractivity contribution is 0.180. The van der Waals surface area contributed by atoms with Crippen LogP contribution in [0.5, 0.6) is 0 Å². The summed E-state index contributed by atoms with van der Waals surface area (Å²) in [5.74, 6) is 0.728. The molecule has 4 rings (SSSR count). The number of hydrogen-bond donors (Lipinski definition) is 1. The quantitative estimate of drug-likeness (QED) is 0.787.